The van der Waals surface area contributed by atoms with E-state index in [1.54, 1.807) is 24.3 Å². The van der Waals surface area contributed by atoms with Crippen molar-refractivity contribution in [3.63, 3.8) is 0 Å². The lowest BCUT2D eigenvalue weighted by Gasteiger charge is -2.10. The van der Waals surface area contributed by atoms with Gasteiger partial charge in [0, 0.05) is 9.75 Å². The van der Waals surface area contributed by atoms with Gasteiger partial charge in [0.15, 0.2) is 6.61 Å². The molecular formula is C17H17NO5S. The van der Waals surface area contributed by atoms with Gasteiger partial charge in [-0.3, -0.25) is 4.79 Å². The molecule has 0 saturated heterocycles. The Bertz CT molecular complexity index is 781. The summed E-state index contributed by atoms with van der Waals surface area (Å²) in [5, 5.41) is 2.54. The third-order valence-electron chi connectivity index (χ3n) is 3.20. The Balaban J connectivity index is 1.98. The van der Waals surface area contributed by atoms with Crippen LogP contribution in [0.25, 0.3) is 0 Å². The molecule has 0 atom stereocenters. The molecule has 0 aliphatic rings. The van der Waals surface area contributed by atoms with Crippen LogP contribution >= 0.6 is 11.3 Å². The number of benzene rings is 1. The summed E-state index contributed by atoms with van der Waals surface area (Å²) in [5.41, 5.74) is 0.984. The number of ether oxygens (including phenoxy) is 2. The molecule has 24 heavy (non-hydrogen) atoms. The van der Waals surface area contributed by atoms with Crippen LogP contribution in [-0.2, 0) is 14.3 Å². The average molecular weight is 347 g/mol. The molecule has 0 aliphatic heterocycles. The monoisotopic (exact) mass is 347 g/mol. The number of hydrogen-bond acceptors (Lipinski definition) is 6. The van der Waals surface area contributed by atoms with Crippen molar-refractivity contribution in [3.05, 3.63) is 51.2 Å². The van der Waals surface area contributed by atoms with Crippen LogP contribution in [0, 0.1) is 13.8 Å². The molecule has 0 bridgehead atoms. The number of carbonyl (C=O) groups excluding carboxylic acids is 3. The Labute approximate surface area is 143 Å². The number of amides is 1. The predicted molar refractivity (Wildman–Crippen MR) is 90.5 cm³/mol. The summed E-state index contributed by atoms with van der Waals surface area (Å²) in [6.07, 6.45) is 0. The fourth-order valence-corrected chi connectivity index (χ4v) is 3.02. The largest absolute Gasteiger partial charge is 0.465 e. The van der Waals surface area contributed by atoms with Crippen molar-refractivity contribution in [3.8, 4) is 0 Å². The summed E-state index contributed by atoms with van der Waals surface area (Å²) in [5.74, 6) is -1.65. The van der Waals surface area contributed by atoms with Gasteiger partial charge in [-0.1, -0.05) is 12.1 Å². The van der Waals surface area contributed by atoms with E-state index in [-0.39, 0.29) is 5.56 Å². The maximum atomic E-state index is 12.0. The number of nitrogens with one attached hydrogen (secondary N) is 1. The first-order valence-electron chi connectivity index (χ1n) is 7.13. The molecule has 2 aromatic rings. The minimum Gasteiger partial charge on any atom is -0.465 e. The third-order valence-corrected chi connectivity index (χ3v) is 4.17. The van der Waals surface area contributed by atoms with E-state index in [2.05, 4.69) is 10.1 Å². The van der Waals surface area contributed by atoms with Crippen molar-refractivity contribution in [1.29, 1.82) is 0 Å². The number of carbonyl (C=O) groups is 3. The van der Waals surface area contributed by atoms with Gasteiger partial charge in [-0.15, -0.1) is 11.3 Å². The third kappa shape index (κ3) is 4.20. The van der Waals surface area contributed by atoms with E-state index in [9.17, 15) is 14.4 Å². The van der Waals surface area contributed by atoms with Gasteiger partial charge in [0.1, 0.15) is 0 Å². The second kappa shape index (κ2) is 7.74. The molecule has 126 valence electrons. The maximum absolute atomic E-state index is 12.0. The Morgan fingerprint density at radius 3 is 2.42 bits per heavy atom. The van der Waals surface area contributed by atoms with E-state index in [4.69, 9.17) is 4.74 Å². The van der Waals surface area contributed by atoms with E-state index in [1.807, 2.05) is 13.8 Å². The Kier molecular flexibility index (Phi) is 5.70. The first-order chi connectivity index (χ1) is 11.4. The predicted octanol–water partition coefficient (Wildman–Crippen LogP) is 2.95. The number of rotatable bonds is 5. The topological polar surface area (TPSA) is 81.7 Å². The molecule has 7 heteroatoms. The van der Waals surface area contributed by atoms with Crippen LogP contribution in [0.4, 0.5) is 5.69 Å². The number of para-hydroxylation sites is 1. The molecule has 0 fully saturated rings. The number of anilines is 1. The van der Waals surface area contributed by atoms with Crippen LogP contribution < -0.4 is 5.32 Å². The first-order valence-corrected chi connectivity index (χ1v) is 7.95. The molecule has 0 spiro atoms. The zero-order valence-corrected chi connectivity index (χ0v) is 14.4. The number of aryl methyl sites for hydroxylation is 2. The van der Waals surface area contributed by atoms with E-state index >= 15 is 0 Å². The van der Waals surface area contributed by atoms with E-state index < -0.39 is 24.5 Å². The lowest BCUT2D eigenvalue weighted by Crippen LogP contribution is -2.22. The van der Waals surface area contributed by atoms with E-state index in [0.29, 0.717) is 11.3 Å². The molecule has 1 heterocycles. The summed E-state index contributed by atoms with van der Waals surface area (Å²) < 4.78 is 9.68. The highest BCUT2D eigenvalue weighted by molar-refractivity contribution is 7.12. The molecule has 0 aliphatic carbocycles. The molecule has 6 nitrogen and oxygen atoms in total. The normalized spacial score (nSPS) is 10.1. The van der Waals surface area contributed by atoms with Gasteiger partial charge in [0.25, 0.3) is 5.91 Å². The van der Waals surface area contributed by atoms with Gasteiger partial charge in [-0.05, 0) is 32.0 Å². The van der Waals surface area contributed by atoms with Crippen LogP contribution in [0.5, 0.6) is 0 Å². The molecule has 1 N–H and O–H groups in total. The highest BCUT2D eigenvalue weighted by Crippen LogP contribution is 2.21. The molecule has 0 saturated carbocycles. The zero-order chi connectivity index (χ0) is 17.7. The molecule has 0 radical (unpaired) electrons. The molecule has 1 aromatic heterocycles. The van der Waals surface area contributed by atoms with Crippen molar-refractivity contribution in [2.45, 2.75) is 13.8 Å². The lowest BCUT2D eigenvalue weighted by atomic mass is 10.2. The van der Waals surface area contributed by atoms with E-state index in [1.165, 1.54) is 24.5 Å². The first kappa shape index (κ1) is 17.7. The van der Waals surface area contributed by atoms with Crippen LogP contribution in [-0.4, -0.2) is 31.6 Å². The van der Waals surface area contributed by atoms with Crippen LogP contribution in [0.1, 0.15) is 30.5 Å². The number of methoxy groups -OCH3 is 1. The van der Waals surface area contributed by atoms with Crippen LogP contribution in [0.15, 0.2) is 30.3 Å². The fraction of sp³-hybridized carbons (Fsp3) is 0.235. The SMILES string of the molecule is COC(=O)c1ccccc1NC(=O)COC(=O)c1cc(C)sc1C. The van der Waals surface area contributed by atoms with Crippen molar-refractivity contribution in [2.75, 3.05) is 19.0 Å². The molecule has 0 unspecified atom stereocenters. The highest BCUT2D eigenvalue weighted by Gasteiger charge is 2.17. The Hall–Kier alpha value is -2.67. The van der Waals surface area contributed by atoms with Crippen molar-refractivity contribution in [2.24, 2.45) is 0 Å². The smallest absolute Gasteiger partial charge is 0.339 e. The summed E-state index contributed by atoms with van der Waals surface area (Å²) in [7, 11) is 1.26. The minimum atomic E-state index is -0.563. The number of hydrogen-bond donors (Lipinski definition) is 1. The van der Waals surface area contributed by atoms with Gasteiger partial charge in [-0.25, -0.2) is 9.59 Å². The number of esters is 2. The summed E-state index contributed by atoms with van der Waals surface area (Å²) in [6, 6.07) is 8.16. The minimum absolute atomic E-state index is 0.226. The summed E-state index contributed by atoms with van der Waals surface area (Å²) in [4.78, 5) is 37.4. The van der Waals surface area contributed by atoms with Crippen LogP contribution in [0.3, 0.4) is 0 Å². The van der Waals surface area contributed by atoms with Gasteiger partial charge in [-0.2, -0.15) is 0 Å². The Morgan fingerprint density at radius 1 is 1.08 bits per heavy atom. The zero-order valence-electron chi connectivity index (χ0n) is 13.5. The standard InChI is InChI=1S/C17H17NO5S/c1-10-8-13(11(2)24-10)17(21)23-9-15(19)18-14-7-5-4-6-12(14)16(20)22-3/h4-8H,9H2,1-3H3,(H,18,19). The van der Waals surface area contributed by atoms with Gasteiger partial charge < -0.3 is 14.8 Å². The molecule has 2 rings (SSSR count). The Morgan fingerprint density at radius 2 is 1.79 bits per heavy atom. The second-order valence-electron chi connectivity index (χ2n) is 4.99. The average Bonchev–Trinajstić information content (AvgIpc) is 2.91. The highest BCUT2D eigenvalue weighted by atomic mass is 32.1. The van der Waals surface area contributed by atoms with Crippen molar-refractivity contribution >= 4 is 34.9 Å². The lowest BCUT2D eigenvalue weighted by molar-refractivity contribution is -0.119. The summed E-state index contributed by atoms with van der Waals surface area (Å²) in [6.45, 7) is 3.27. The second-order valence-corrected chi connectivity index (χ2v) is 6.45. The van der Waals surface area contributed by atoms with Crippen LogP contribution in [0.2, 0.25) is 0 Å². The van der Waals surface area contributed by atoms with Gasteiger partial charge in [0.2, 0.25) is 0 Å². The van der Waals surface area contributed by atoms with Crippen molar-refractivity contribution in [1.82, 2.24) is 0 Å². The number of thiophene rings is 1. The summed E-state index contributed by atoms with van der Waals surface area (Å²) >= 11 is 1.49. The van der Waals surface area contributed by atoms with Gasteiger partial charge in [0.05, 0.1) is 23.9 Å². The quantitative estimate of drug-likeness (QED) is 0.841. The molecule has 1 aromatic carbocycles. The molecule has 1 amide bonds. The van der Waals surface area contributed by atoms with Gasteiger partial charge >= 0.3 is 11.9 Å². The van der Waals surface area contributed by atoms with E-state index in [0.717, 1.165) is 9.75 Å². The molecular weight excluding hydrogens is 330 g/mol. The van der Waals surface area contributed by atoms with Crippen molar-refractivity contribution < 1.29 is 23.9 Å². The fourth-order valence-electron chi connectivity index (χ4n) is 2.11. The maximum Gasteiger partial charge on any atom is 0.339 e.